The van der Waals surface area contributed by atoms with Crippen LogP contribution in [0.25, 0.3) is 0 Å². The van der Waals surface area contributed by atoms with Gasteiger partial charge in [0.25, 0.3) is 0 Å². The minimum absolute atomic E-state index is 0.488. The molecule has 0 aromatic rings. The summed E-state index contributed by atoms with van der Waals surface area (Å²) in [6.07, 6.45) is 4.46. The molecule has 0 aromatic heterocycles. The van der Waals surface area contributed by atoms with E-state index >= 15 is 0 Å². The van der Waals surface area contributed by atoms with Crippen molar-refractivity contribution >= 4 is 0 Å². The second-order valence-corrected chi connectivity index (χ2v) is 2.50. The quantitative estimate of drug-likeness (QED) is 0.496. The molecule has 1 saturated carbocycles. The summed E-state index contributed by atoms with van der Waals surface area (Å²) < 4.78 is 5.11. The van der Waals surface area contributed by atoms with Gasteiger partial charge in [0.1, 0.15) is 0 Å². The molecule has 0 aliphatic heterocycles. The summed E-state index contributed by atoms with van der Waals surface area (Å²) in [5.74, 6) is 0.875. The summed E-state index contributed by atoms with van der Waals surface area (Å²) in [5.41, 5.74) is 0. The van der Waals surface area contributed by atoms with Crippen molar-refractivity contribution in [2.45, 2.75) is 25.9 Å². The minimum Gasteiger partial charge on any atom is -0.499 e. The molecule has 46 valence electrons. The summed E-state index contributed by atoms with van der Waals surface area (Å²) >= 11 is 0. The van der Waals surface area contributed by atoms with E-state index in [9.17, 15) is 0 Å². The van der Waals surface area contributed by atoms with Crippen LogP contribution in [0.1, 0.15) is 19.8 Å². The molecule has 1 aliphatic rings. The van der Waals surface area contributed by atoms with Crippen LogP contribution in [0.3, 0.4) is 0 Å². The van der Waals surface area contributed by atoms with Crippen LogP contribution in [0.15, 0.2) is 12.8 Å². The lowest BCUT2D eigenvalue weighted by Gasteiger charge is -2.31. The van der Waals surface area contributed by atoms with E-state index in [1.165, 1.54) is 19.1 Å². The number of hydrogen-bond donors (Lipinski definition) is 0. The molecular weight excluding hydrogens is 100 g/mol. The van der Waals surface area contributed by atoms with Gasteiger partial charge < -0.3 is 4.74 Å². The van der Waals surface area contributed by atoms with Crippen LogP contribution in [0.2, 0.25) is 0 Å². The van der Waals surface area contributed by atoms with Crippen molar-refractivity contribution in [1.82, 2.24) is 0 Å². The fourth-order valence-corrected chi connectivity index (χ4v) is 1.08. The Hall–Kier alpha value is -0.460. The molecule has 1 fully saturated rings. The third-order valence-electron chi connectivity index (χ3n) is 1.62. The molecule has 1 heteroatoms. The van der Waals surface area contributed by atoms with E-state index in [-0.39, 0.29) is 0 Å². The molecule has 1 nitrogen and oxygen atoms in total. The summed E-state index contributed by atoms with van der Waals surface area (Å²) in [6.45, 7) is 5.72. The summed E-state index contributed by atoms with van der Waals surface area (Å²) in [5, 5.41) is 0. The zero-order valence-corrected chi connectivity index (χ0v) is 5.26. The Morgan fingerprint density at radius 3 is 2.62 bits per heavy atom. The maximum Gasteiger partial charge on any atom is 0.0983 e. The van der Waals surface area contributed by atoms with Gasteiger partial charge in [-0.15, -0.1) is 0 Å². The summed E-state index contributed by atoms with van der Waals surface area (Å²) in [4.78, 5) is 0. The fourth-order valence-electron chi connectivity index (χ4n) is 1.08. The molecule has 0 saturated heterocycles. The average molecular weight is 112 g/mol. The number of hydrogen-bond acceptors (Lipinski definition) is 1. The Morgan fingerprint density at radius 1 is 1.62 bits per heavy atom. The molecule has 1 rings (SSSR count). The maximum atomic E-state index is 5.11. The topological polar surface area (TPSA) is 9.23 Å². The smallest absolute Gasteiger partial charge is 0.0983 e. The van der Waals surface area contributed by atoms with E-state index in [4.69, 9.17) is 4.74 Å². The third-order valence-corrected chi connectivity index (χ3v) is 1.62. The van der Waals surface area contributed by atoms with Crippen molar-refractivity contribution in [2.24, 2.45) is 5.92 Å². The van der Waals surface area contributed by atoms with Crippen molar-refractivity contribution in [3.63, 3.8) is 0 Å². The lowest BCUT2D eigenvalue weighted by molar-refractivity contribution is 0.0355. The molecule has 0 amide bonds. The van der Waals surface area contributed by atoms with E-state index < -0.39 is 0 Å². The first-order valence-electron chi connectivity index (χ1n) is 3.09. The second-order valence-electron chi connectivity index (χ2n) is 2.50. The maximum absolute atomic E-state index is 5.11. The molecule has 1 aliphatic carbocycles. The Kier molecular flexibility index (Phi) is 1.56. The molecular formula is C7H12O. The first-order chi connectivity index (χ1) is 3.83. The van der Waals surface area contributed by atoms with E-state index in [1.54, 1.807) is 0 Å². The highest BCUT2D eigenvalue weighted by molar-refractivity contribution is 4.78. The van der Waals surface area contributed by atoms with E-state index in [0.29, 0.717) is 6.10 Å². The number of ether oxygens (including phenoxy) is 1. The standard InChI is InChI=1S/C7H12O/c1-3-8-7-4-6(2)5-7/h3,6-7H,1,4-5H2,2H3. The summed E-state index contributed by atoms with van der Waals surface area (Å²) in [7, 11) is 0. The molecule has 0 N–H and O–H groups in total. The molecule has 0 unspecified atom stereocenters. The van der Waals surface area contributed by atoms with Crippen molar-refractivity contribution < 1.29 is 4.74 Å². The van der Waals surface area contributed by atoms with Gasteiger partial charge in [0.15, 0.2) is 0 Å². The fraction of sp³-hybridized carbons (Fsp3) is 0.714. The monoisotopic (exact) mass is 112 g/mol. The summed E-state index contributed by atoms with van der Waals surface area (Å²) in [6, 6.07) is 0. The van der Waals surface area contributed by atoms with Gasteiger partial charge in [-0.1, -0.05) is 13.5 Å². The van der Waals surface area contributed by atoms with Gasteiger partial charge in [-0.3, -0.25) is 0 Å². The molecule has 0 heterocycles. The second kappa shape index (κ2) is 2.21. The van der Waals surface area contributed by atoms with Crippen LogP contribution < -0.4 is 0 Å². The van der Waals surface area contributed by atoms with Crippen LogP contribution >= 0.6 is 0 Å². The largest absolute Gasteiger partial charge is 0.499 e. The van der Waals surface area contributed by atoms with Gasteiger partial charge in [0.2, 0.25) is 0 Å². The Balaban J connectivity index is 2.06. The molecule has 0 aromatic carbocycles. The van der Waals surface area contributed by atoms with E-state index in [1.807, 2.05) is 0 Å². The average Bonchev–Trinajstić information content (AvgIpc) is 1.64. The van der Waals surface area contributed by atoms with Crippen molar-refractivity contribution in [1.29, 1.82) is 0 Å². The molecule has 8 heavy (non-hydrogen) atoms. The first kappa shape index (κ1) is 5.67. The third kappa shape index (κ3) is 1.03. The Morgan fingerprint density at radius 2 is 2.25 bits per heavy atom. The molecule has 0 atom stereocenters. The molecule has 0 spiro atoms. The highest BCUT2D eigenvalue weighted by Crippen LogP contribution is 2.28. The molecule has 0 bridgehead atoms. The zero-order chi connectivity index (χ0) is 5.98. The van der Waals surface area contributed by atoms with Crippen LogP contribution in [0.4, 0.5) is 0 Å². The highest BCUT2D eigenvalue weighted by Gasteiger charge is 2.25. The highest BCUT2D eigenvalue weighted by atomic mass is 16.5. The van der Waals surface area contributed by atoms with Crippen molar-refractivity contribution in [3.8, 4) is 0 Å². The predicted molar refractivity (Wildman–Crippen MR) is 33.5 cm³/mol. The predicted octanol–water partition coefficient (Wildman–Crippen LogP) is 1.95. The van der Waals surface area contributed by atoms with Gasteiger partial charge in [0.05, 0.1) is 12.4 Å². The van der Waals surface area contributed by atoms with Crippen LogP contribution in [-0.4, -0.2) is 6.10 Å². The minimum atomic E-state index is 0.488. The normalized spacial score (nSPS) is 35.6. The zero-order valence-electron chi connectivity index (χ0n) is 5.26. The van der Waals surface area contributed by atoms with E-state index in [0.717, 1.165) is 5.92 Å². The Labute approximate surface area is 50.3 Å². The molecule has 0 radical (unpaired) electrons. The van der Waals surface area contributed by atoms with Gasteiger partial charge in [-0.25, -0.2) is 0 Å². The van der Waals surface area contributed by atoms with E-state index in [2.05, 4.69) is 13.5 Å². The van der Waals surface area contributed by atoms with Crippen LogP contribution in [0, 0.1) is 5.92 Å². The van der Waals surface area contributed by atoms with Gasteiger partial charge in [-0.2, -0.15) is 0 Å². The van der Waals surface area contributed by atoms with Gasteiger partial charge in [-0.05, 0) is 18.8 Å². The van der Waals surface area contributed by atoms with Crippen LogP contribution in [0.5, 0.6) is 0 Å². The Bertz CT molecular complexity index is 82.4. The van der Waals surface area contributed by atoms with Crippen molar-refractivity contribution in [3.05, 3.63) is 12.8 Å². The SMILES string of the molecule is C=COC1CC(C)C1. The first-order valence-corrected chi connectivity index (χ1v) is 3.09. The van der Waals surface area contributed by atoms with Crippen molar-refractivity contribution in [2.75, 3.05) is 0 Å². The van der Waals surface area contributed by atoms with Gasteiger partial charge >= 0.3 is 0 Å². The number of rotatable bonds is 2. The lowest BCUT2D eigenvalue weighted by atomic mass is 9.84. The van der Waals surface area contributed by atoms with Gasteiger partial charge in [0, 0.05) is 0 Å². The van der Waals surface area contributed by atoms with Crippen LogP contribution in [-0.2, 0) is 4.74 Å². The lowest BCUT2D eigenvalue weighted by Crippen LogP contribution is -2.27.